The quantitative estimate of drug-likeness (QED) is 0.377. The van der Waals surface area contributed by atoms with Gasteiger partial charge in [0.25, 0.3) is 5.91 Å². The van der Waals surface area contributed by atoms with Crippen LogP contribution in [-0.4, -0.2) is 32.8 Å². The molecule has 1 N–H and O–H groups in total. The van der Waals surface area contributed by atoms with E-state index in [2.05, 4.69) is 33.1 Å². The number of sulfonamides is 1. The summed E-state index contributed by atoms with van der Waals surface area (Å²) in [6.07, 6.45) is 1.09. The molecule has 0 atom stereocenters. The van der Waals surface area contributed by atoms with Crippen LogP contribution in [0.1, 0.15) is 23.6 Å². The molecule has 144 valence electrons. The first kappa shape index (κ1) is 21.4. The molecule has 0 unspecified atom stereocenters. The van der Waals surface area contributed by atoms with E-state index >= 15 is 0 Å². The van der Waals surface area contributed by atoms with Crippen LogP contribution in [0.5, 0.6) is 0 Å². The predicted octanol–water partition coefficient (Wildman–Crippen LogP) is 3.21. The van der Waals surface area contributed by atoms with Gasteiger partial charge in [0.15, 0.2) is 0 Å². The van der Waals surface area contributed by atoms with Crippen molar-refractivity contribution in [1.29, 1.82) is 0 Å². The van der Waals surface area contributed by atoms with E-state index in [0.29, 0.717) is 11.4 Å². The Hall–Kier alpha value is -1.94. The Morgan fingerprint density at radius 3 is 2.48 bits per heavy atom. The molecule has 0 heterocycles. The van der Waals surface area contributed by atoms with E-state index < -0.39 is 15.9 Å². The van der Waals surface area contributed by atoms with Crippen LogP contribution in [0, 0.1) is 17.4 Å². The fourth-order valence-electron chi connectivity index (χ4n) is 2.48. The van der Waals surface area contributed by atoms with Gasteiger partial charge in [-0.15, -0.1) is 0 Å². The van der Waals surface area contributed by atoms with E-state index in [1.807, 2.05) is 44.2 Å². The molecule has 1 amide bonds. The monoisotopic (exact) mass is 499 g/mol. The second kappa shape index (κ2) is 8.83. The fourth-order valence-corrected chi connectivity index (χ4v) is 3.93. The highest BCUT2D eigenvalue weighted by Gasteiger charge is 2.22. The van der Waals surface area contributed by atoms with Gasteiger partial charge in [0, 0.05) is 3.57 Å². The van der Waals surface area contributed by atoms with Crippen molar-refractivity contribution in [3.63, 3.8) is 0 Å². The van der Waals surface area contributed by atoms with E-state index in [-0.39, 0.29) is 6.54 Å². The van der Waals surface area contributed by atoms with Gasteiger partial charge in [-0.3, -0.25) is 9.10 Å². The number of halogens is 1. The lowest BCUT2D eigenvalue weighted by molar-refractivity contribution is -0.119. The van der Waals surface area contributed by atoms with Crippen LogP contribution in [-0.2, 0) is 14.8 Å². The van der Waals surface area contributed by atoms with Gasteiger partial charge in [-0.1, -0.05) is 24.3 Å². The average Bonchev–Trinajstić information content (AvgIpc) is 2.59. The topological polar surface area (TPSA) is 78.8 Å². The molecular weight excluding hydrogens is 477 g/mol. The minimum Gasteiger partial charge on any atom is -0.271 e. The van der Waals surface area contributed by atoms with Gasteiger partial charge in [-0.25, -0.2) is 13.8 Å². The number of benzene rings is 2. The van der Waals surface area contributed by atoms with Crippen molar-refractivity contribution in [3.05, 3.63) is 62.7 Å². The number of aryl methyl sites for hydroxylation is 1. The minimum absolute atomic E-state index is 0.341. The van der Waals surface area contributed by atoms with Crippen molar-refractivity contribution in [1.82, 2.24) is 5.43 Å². The molecule has 0 aliphatic heterocycles. The van der Waals surface area contributed by atoms with Crippen molar-refractivity contribution in [2.45, 2.75) is 20.8 Å². The van der Waals surface area contributed by atoms with Crippen LogP contribution >= 0.6 is 22.6 Å². The molecule has 8 heteroatoms. The van der Waals surface area contributed by atoms with Crippen LogP contribution in [0.3, 0.4) is 0 Å². The number of nitrogens with zero attached hydrogens (tertiary/aromatic N) is 2. The zero-order valence-electron chi connectivity index (χ0n) is 15.7. The predicted molar refractivity (Wildman–Crippen MR) is 118 cm³/mol. The third-order valence-corrected chi connectivity index (χ3v) is 5.92. The van der Waals surface area contributed by atoms with Crippen molar-refractivity contribution < 1.29 is 13.2 Å². The molecule has 0 aromatic heterocycles. The number of rotatable bonds is 6. The highest BCUT2D eigenvalue weighted by molar-refractivity contribution is 14.1. The molecule has 0 radical (unpaired) electrons. The molecule has 2 rings (SSSR count). The van der Waals surface area contributed by atoms with Crippen molar-refractivity contribution in [3.8, 4) is 0 Å². The van der Waals surface area contributed by atoms with Gasteiger partial charge in [-0.05, 0) is 78.3 Å². The average molecular weight is 499 g/mol. The first-order chi connectivity index (χ1) is 12.6. The lowest BCUT2D eigenvalue weighted by Gasteiger charge is -2.24. The standard InChI is InChI=1S/C19H22IN3O3S/c1-13-7-5-10-18(14(13)2)23(27(4,25)26)12-19(24)22-21-15(3)16-8-6-9-17(20)11-16/h5-11H,12H2,1-4H3,(H,22,24)/b21-15-. The molecule has 0 aliphatic carbocycles. The maximum atomic E-state index is 12.3. The highest BCUT2D eigenvalue weighted by atomic mass is 127. The Bertz CT molecular complexity index is 987. The summed E-state index contributed by atoms with van der Waals surface area (Å²) in [6.45, 7) is 5.17. The second-order valence-electron chi connectivity index (χ2n) is 6.23. The zero-order chi connectivity index (χ0) is 20.2. The fraction of sp³-hybridized carbons (Fsp3) is 0.263. The van der Waals surface area contributed by atoms with Crippen LogP contribution in [0.4, 0.5) is 5.69 Å². The molecular formula is C19H22IN3O3S. The third kappa shape index (κ3) is 5.77. The Morgan fingerprint density at radius 2 is 1.85 bits per heavy atom. The van der Waals surface area contributed by atoms with Gasteiger partial charge in [0.05, 0.1) is 17.7 Å². The highest BCUT2D eigenvalue weighted by Crippen LogP contribution is 2.24. The largest absolute Gasteiger partial charge is 0.271 e. The normalized spacial score (nSPS) is 12.0. The number of hydrazone groups is 1. The van der Waals surface area contributed by atoms with Crippen LogP contribution in [0.25, 0.3) is 0 Å². The minimum atomic E-state index is -3.63. The van der Waals surface area contributed by atoms with E-state index in [1.165, 1.54) is 0 Å². The van der Waals surface area contributed by atoms with E-state index in [4.69, 9.17) is 0 Å². The van der Waals surface area contributed by atoms with E-state index in [1.54, 1.807) is 19.1 Å². The van der Waals surface area contributed by atoms with Crippen molar-refractivity contribution in [2.75, 3.05) is 17.1 Å². The summed E-state index contributed by atoms with van der Waals surface area (Å²) in [5.41, 5.74) is 6.23. The molecule has 27 heavy (non-hydrogen) atoms. The Kier molecular flexibility index (Phi) is 6.99. The Balaban J connectivity index is 2.20. The number of nitrogens with one attached hydrogen (secondary N) is 1. The molecule has 0 bridgehead atoms. The Labute approximate surface area is 173 Å². The zero-order valence-corrected chi connectivity index (χ0v) is 18.6. The smallest absolute Gasteiger partial charge is 0.260 e. The first-order valence-corrected chi connectivity index (χ1v) is 11.2. The summed E-state index contributed by atoms with van der Waals surface area (Å²) in [5, 5.41) is 4.10. The number of amides is 1. The first-order valence-electron chi connectivity index (χ1n) is 8.22. The van der Waals surface area contributed by atoms with Gasteiger partial charge >= 0.3 is 0 Å². The second-order valence-corrected chi connectivity index (χ2v) is 9.38. The van der Waals surface area contributed by atoms with Crippen molar-refractivity contribution in [2.24, 2.45) is 5.10 Å². The Morgan fingerprint density at radius 1 is 1.19 bits per heavy atom. The molecule has 0 spiro atoms. The maximum absolute atomic E-state index is 12.3. The van der Waals surface area contributed by atoms with Crippen molar-refractivity contribution >= 4 is 49.9 Å². The number of carbonyl (C=O) groups is 1. The van der Waals surface area contributed by atoms with Crippen LogP contribution in [0.15, 0.2) is 47.6 Å². The van der Waals surface area contributed by atoms with Gasteiger partial charge in [-0.2, -0.15) is 5.10 Å². The number of hydrogen-bond donors (Lipinski definition) is 1. The lowest BCUT2D eigenvalue weighted by atomic mass is 10.1. The summed E-state index contributed by atoms with van der Waals surface area (Å²) in [5.74, 6) is -0.508. The lowest BCUT2D eigenvalue weighted by Crippen LogP contribution is -2.39. The summed E-state index contributed by atoms with van der Waals surface area (Å²) >= 11 is 2.20. The van der Waals surface area contributed by atoms with E-state index in [0.717, 1.165) is 30.8 Å². The molecule has 2 aromatic carbocycles. The SMILES string of the molecule is C/C(=N/NC(=O)CN(c1cccc(C)c1C)S(C)(=O)=O)c1cccc(I)c1. The van der Waals surface area contributed by atoms with Gasteiger partial charge in [0.2, 0.25) is 10.0 Å². The molecule has 6 nitrogen and oxygen atoms in total. The summed E-state index contributed by atoms with van der Waals surface area (Å²) in [6, 6.07) is 13.1. The van der Waals surface area contributed by atoms with Crippen LogP contribution in [0.2, 0.25) is 0 Å². The number of carbonyl (C=O) groups excluding carboxylic acids is 1. The van der Waals surface area contributed by atoms with Crippen LogP contribution < -0.4 is 9.73 Å². The molecule has 0 fully saturated rings. The molecule has 0 saturated carbocycles. The summed E-state index contributed by atoms with van der Waals surface area (Å²) in [4.78, 5) is 12.3. The molecule has 2 aromatic rings. The third-order valence-electron chi connectivity index (χ3n) is 4.12. The number of hydrogen-bond acceptors (Lipinski definition) is 4. The summed E-state index contributed by atoms with van der Waals surface area (Å²) in [7, 11) is -3.63. The van der Waals surface area contributed by atoms with Gasteiger partial charge in [0.1, 0.15) is 6.54 Å². The van der Waals surface area contributed by atoms with E-state index in [9.17, 15) is 13.2 Å². The maximum Gasteiger partial charge on any atom is 0.260 e. The number of anilines is 1. The molecule has 0 saturated heterocycles. The summed E-state index contributed by atoms with van der Waals surface area (Å²) < 4.78 is 26.6. The van der Waals surface area contributed by atoms with Gasteiger partial charge < -0.3 is 0 Å². The molecule has 0 aliphatic rings.